The standard InChI is InChI=1S/C27H44N2/c1-27(2)19-10-4-6-12-22(19)29-24-14-8-7-13-23(24)28-21-11-5-3-9-17(21)18-15-16-20(27)26(29)25(18)28/h17-26H,3-16H2,1-2H3. The molecule has 4 aliphatic carbocycles. The van der Waals surface area contributed by atoms with E-state index < -0.39 is 0 Å². The van der Waals surface area contributed by atoms with Crippen LogP contribution in [0.2, 0.25) is 0 Å². The first-order chi connectivity index (χ1) is 14.2. The maximum atomic E-state index is 3.31. The Kier molecular flexibility index (Phi) is 4.12. The first-order valence-corrected chi connectivity index (χ1v) is 13.7. The highest BCUT2D eigenvalue weighted by atomic mass is 15.4. The average molecular weight is 397 g/mol. The fourth-order valence-corrected chi connectivity index (χ4v) is 11.0. The molecule has 3 saturated heterocycles. The third-order valence-corrected chi connectivity index (χ3v) is 11.9. The van der Waals surface area contributed by atoms with Crippen LogP contribution in [-0.2, 0) is 0 Å². The zero-order chi connectivity index (χ0) is 19.3. The SMILES string of the molecule is CC1(C)C2CCCCC2N2C3CCCCC3N3C4CCCCC4C4CCC1C2C43. The second kappa shape index (κ2) is 6.47. The summed E-state index contributed by atoms with van der Waals surface area (Å²) in [7, 11) is 0. The molecule has 3 heterocycles. The van der Waals surface area contributed by atoms with Crippen molar-refractivity contribution in [2.24, 2.45) is 29.1 Å². The van der Waals surface area contributed by atoms with Gasteiger partial charge in [-0.2, -0.15) is 0 Å². The number of hydrogen-bond donors (Lipinski definition) is 0. The Morgan fingerprint density at radius 3 is 1.83 bits per heavy atom. The van der Waals surface area contributed by atoms with Crippen molar-refractivity contribution in [1.82, 2.24) is 9.80 Å². The van der Waals surface area contributed by atoms with E-state index in [1.54, 1.807) is 19.3 Å². The topological polar surface area (TPSA) is 6.48 Å². The minimum atomic E-state index is 0.568. The quantitative estimate of drug-likeness (QED) is 0.507. The molecule has 0 aromatic heterocycles. The molecule has 4 saturated carbocycles. The lowest BCUT2D eigenvalue weighted by Crippen LogP contribution is -2.78. The molecule has 7 fully saturated rings. The van der Waals surface area contributed by atoms with Gasteiger partial charge in [0.25, 0.3) is 0 Å². The summed E-state index contributed by atoms with van der Waals surface area (Å²) in [6.45, 7) is 5.44. The molecule has 10 unspecified atom stereocenters. The lowest BCUT2D eigenvalue weighted by atomic mass is 9.51. The monoisotopic (exact) mass is 396 g/mol. The van der Waals surface area contributed by atoms with Crippen molar-refractivity contribution < 1.29 is 0 Å². The molecular weight excluding hydrogens is 352 g/mol. The number of piperazine rings is 1. The van der Waals surface area contributed by atoms with E-state index in [1.807, 2.05) is 0 Å². The van der Waals surface area contributed by atoms with E-state index in [-0.39, 0.29) is 0 Å². The minimum absolute atomic E-state index is 0.568. The van der Waals surface area contributed by atoms with Gasteiger partial charge in [-0.1, -0.05) is 52.4 Å². The van der Waals surface area contributed by atoms with Gasteiger partial charge in [0.15, 0.2) is 0 Å². The predicted octanol–water partition coefficient (Wildman–Crippen LogP) is 5.85. The number of nitrogens with zero attached hydrogens (tertiary/aromatic N) is 2. The Balaban J connectivity index is 1.37. The molecule has 162 valence electrons. The molecule has 7 aliphatic rings. The smallest absolute Gasteiger partial charge is 0.0294 e. The van der Waals surface area contributed by atoms with Crippen LogP contribution in [0.3, 0.4) is 0 Å². The van der Waals surface area contributed by atoms with Gasteiger partial charge >= 0.3 is 0 Å². The molecule has 0 radical (unpaired) electrons. The van der Waals surface area contributed by atoms with Crippen LogP contribution < -0.4 is 0 Å². The maximum absolute atomic E-state index is 3.31. The van der Waals surface area contributed by atoms with Gasteiger partial charge in [0.2, 0.25) is 0 Å². The Morgan fingerprint density at radius 2 is 1.07 bits per heavy atom. The van der Waals surface area contributed by atoms with Gasteiger partial charge in [0, 0.05) is 36.3 Å². The Bertz CT molecular complexity index is 657. The van der Waals surface area contributed by atoms with E-state index in [0.717, 1.165) is 59.9 Å². The van der Waals surface area contributed by atoms with E-state index in [9.17, 15) is 0 Å². The highest BCUT2D eigenvalue weighted by molar-refractivity contribution is 5.21. The van der Waals surface area contributed by atoms with Crippen molar-refractivity contribution in [1.29, 1.82) is 0 Å². The van der Waals surface area contributed by atoms with E-state index in [4.69, 9.17) is 0 Å². The molecule has 10 atom stereocenters. The number of rotatable bonds is 0. The minimum Gasteiger partial charge on any atom is -0.291 e. The molecule has 0 spiro atoms. The van der Waals surface area contributed by atoms with Crippen LogP contribution in [-0.4, -0.2) is 46.1 Å². The summed E-state index contributed by atoms with van der Waals surface area (Å²) >= 11 is 0. The molecule has 2 heteroatoms. The summed E-state index contributed by atoms with van der Waals surface area (Å²) in [5.74, 6) is 4.05. The zero-order valence-corrected chi connectivity index (χ0v) is 19.1. The molecule has 0 aromatic rings. The first kappa shape index (κ1) is 18.5. The van der Waals surface area contributed by atoms with E-state index in [0.29, 0.717) is 5.41 Å². The van der Waals surface area contributed by atoms with Crippen molar-refractivity contribution in [2.75, 3.05) is 0 Å². The van der Waals surface area contributed by atoms with Crippen LogP contribution in [0.4, 0.5) is 0 Å². The number of hydrogen-bond acceptors (Lipinski definition) is 2. The van der Waals surface area contributed by atoms with Crippen LogP contribution in [0.25, 0.3) is 0 Å². The van der Waals surface area contributed by atoms with Crippen molar-refractivity contribution in [3.05, 3.63) is 0 Å². The summed E-state index contributed by atoms with van der Waals surface area (Å²) in [4.78, 5) is 6.60. The number of fused-ring (bicyclic) bond motifs is 8. The van der Waals surface area contributed by atoms with Gasteiger partial charge in [0.1, 0.15) is 0 Å². The summed E-state index contributed by atoms with van der Waals surface area (Å²) in [5.41, 5.74) is 0.568. The first-order valence-electron chi connectivity index (χ1n) is 13.7. The van der Waals surface area contributed by atoms with Crippen LogP contribution >= 0.6 is 0 Å². The van der Waals surface area contributed by atoms with E-state index in [2.05, 4.69) is 23.6 Å². The Morgan fingerprint density at radius 1 is 0.483 bits per heavy atom. The van der Waals surface area contributed by atoms with Crippen LogP contribution in [0.5, 0.6) is 0 Å². The highest BCUT2D eigenvalue weighted by Gasteiger charge is 2.68. The number of piperidine rings is 1. The Hall–Kier alpha value is -0.0800. The lowest BCUT2D eigenvalue weighted by Gasteiger charge is -2.70. The van der Waals surface area contributed by atoms with Gasteiger partial charge < -0.3 is 0 Å². The summed E-state index contributed by atoms with van der Waals surface area (Å²) in [5, 5.41) is 0. The second-order valence-corrected chi connectivity index (χ2v) is 12.9. The lowest BCUT2D eigenvalue weighted by molar-refractivity contribution is -0.209. The Labute approximate surface area is 179 Å². The van der Waals surface area contributed by atoms with Crippen molar-refractivity contribution in [3.8, 4) is 0 Å². The van der Waals surface area contributed by atoms with E-state index in [1.165, 1.54) is 70.6 Å². The molecule has 0 amide bonds. The van der Waals surface area contributed by atoms with Gasteiger partial charge in [-0.05, 0) is 80.5 Å². The van der Waals surface area contributed by atoms with Crippen molar-refractivity contribution in [2.45, 2.75) is 140 Å². The maximum Gasteiger partial charge on any atom is 0.0294 e. The van der Waals surface area contributed by atoms with Gasteiger partial charge in [0.05, 0.1) is 0 Å². The third-order valence-electron chi connectivity index (χ3n) is 11.9. The predicted molar refractivity (Wildman–Crippen MR) is 119 cm³/mol. The summed E-state index contributed by atoms with van der Waals surface area (Å²) in [6, 6.07) is 5.57. The molecule has 3 aliphatic heterocycles. The van der Waals surface area contributed by atoms with Gasteiger partial charge in [-0.15, -0.1) is 0 Å². The largest absolute Gasteiger partial charge is 0.291 e. The molecular formula is C27H44N2. The van der Waals surface area contributed by atoms with Gasteiger partial charge in [-0.25, -0.2) is 0 Å². The van der Waals surface area contributed by atoms with Gasteiger partial charge in [-0.3, -0.25) is 9.80 Å². The molecule has 0 bridgehead atoms. The summed E-state index contributed by atoms with van der Waals surface area (Å²) < 4.78 is 0. The average Bonchev–Trinajstić information content (AvgIpc) is 3.10. The van der Waals surface area contributed by atoms with Crippen molar-refractivity contribution >= 4 is 0 Å². The molecule has 7 rings (SSSR count). The molecule has 2 nitrogen and oxygen atoms in total. The molecule has 0 aromatic carbocycles. The highest BCUT2D eigenvalue weighted by Crippen LogP contribution is 2.64. The fourth-order valence-electron chi connectivity index (χ4n) is 11.0. The zero-order valence-electron chi connectivity index (χ0n) is 19.1. The third kappa shape index (κ3) is 2.32. The fraction of sp³-hybridized carbons (Fsp3) is 1.00. The van der Waals surface area contributed by atoms with Crippen molar-refractivity contribution in [3.63, 3.8) is 0 Å². The second-order valence-electron chi connectivity index (χ2n) is 12.9. The van der Waals surface area contributed by atoms with Crippen LogP contribution in [0.15, 0.2) is 0 Å². The van der Waals surface area contributed by atoms with Crippen LogP contribution in [0.1, 0.15) is 104 Å². The normalized spacial score (nSPS) is 56.1. The molecule has 0 N–H and O–H groups in total. The van der Waals surface area contributed by atoms with Crippen LogP contribution in [0, 0.1) is 29.1 Å². The summed E-state index contributed by atoms with van der Waals surface area (Å²) in [6.07, 6.45) is 21.4. The van der Waals surface area contributed by atoms with E-state index >= 15 is 0 Å². The molecule has 29 heavy (non-hydrogen) atoms.